The Morgan fingerprint density at radius 1 is 1.17 bits per heavy atom. The third-order valence-corrected chi connectivity index (χ3v) is 5.85. The van der Waals surface area contributed by atoms with Crippen LogP contribution in [0, 0.1) is 6.92 Å². The number of nitrogens with zero attached hydrogens (tertiary/aromatic N) is 2. The van der Waals surface area contributed by atoms with Crippen LogP contribution in [0.1, 0.15) is 21.3 Å². The van der Waals surface area contributed by atoms with E-state index < -0.39 is 10.0 Å². The molecule has 0 saturated carbocycles. The minimum Gasteiger partial charge on any atom is -0.463 e. The van der Waals surface area contributed by atoms with Crippen molar-refractivity contribution in [2.24, 2.45) is 0 Å². The lowest BCUT2D eigenvalue weighted by Gasteiger charge is -2.18. The number of hydrogen-bond donors (Lipinski definition) is 0. The molecule has 132 valence electrons. The predicted molar refractivity (Wildman–Crippen MR) is 98.4 cm³/mol. The molecule has 2 aromatic heterocycles. The first-order valence-electron chi connectivity index (χ1n) is 7.65. The SMILES string of the molecule is C=CCN(Cc1ccc(CN(C)S(C)(=O)=O)o1)Cc1ccc(C)s1. The van der Waals surface area contributed by atoms with Gasteiger partial charge in [-0.05, 0) is 31.2 Å². The Kier molecular flexibility index (Phi) is 6.40. The highest BCUT2D eigenvalue weighted by molar-refractivity contribution is 7.88. The topological polar surface area (TPSA) is 53.8 Å². The first kappa shape index (κ1) is 18.9. The van der Waals surface area contributed by atoms with Crippen LogP contribution in [0.15, 0.2) is 41.3 Å². The average Bonchev–Trinajstić information content (AvgIpc) is 3.07. The summed E-state index contributed by atoms with van der Waals surface area (Å²) in [6.07, 6.45) is 3.06. The van der Waals surface area contributed by atoms with Crippen molar-refractivity contribution in [3.05, 3.63) is 58.2 Å². The second-order valence-electron chi connectivity index (χ2n) is 5.86. The molecule has 0 bridgehead atoms. The molecule has 0 aromatic carbocycles. The largest absolute Gasteiger partial charge is 0.463 e. The molecule has 5 nitrogen and oxygen atoms in total. The van der Waals surface area contributed by atoms with Gasteiger partial charge in [0.05, 0.1) is 19.3 Å². The van der Waals surface area contributed by atoms with Crippen LogP contribution in [0.5, 0.6) is 0 Å². The Morgan fingerprint density at radius 3 is 2.38 bits per heavy atom. The molecule has 0 unspecified atom stereocenters. The Bertz CT molecular complexity index is 777. The van der Waals surface area contributed by atoms with E-state index in [0.717, 1.165) is 18.8 Å². The van der Waals surface area contributed by atoms with Gasteiger partial charge >= 0.3 is 0 Å². The molecule has 24 heavy (non-hydrogen) atoms. The zero-order valence-corrected chi connectivity index (χ0v) is 16.0. The first-order chi connectivity index (χ1) is 11.3. The van der Waals surface area contributed by atoms with Gasteiger partial charge in [0.25, 0.3) is 0 Å². The summed E-state index contributed by atoms with van der Waals surface area (Å²) in [6, 6.07) is 8.00. The van der Waals surface area contributed by atoms with Crippen LogP contribution in [0.25, 0.3) is 0 Å². The lowest BCUT2D eigenvalue weighted by atomic mass is 10.3. The van der Waals surface area contributed by atoms with Crippen molar-refractivity contribution in [1.82, 2.24) is 9.21 Å². The normalized spacial score (nSPS) is 12.2. The van der Waals surface area contributed by atoms with Crippen LogP contribution in [0.3, 0.4) is 0 Å². The molecule has 0 aliphatic carbocycles. The van der Waals surface area contributed by atoms with E-state index in [0.29, 0.717) is 12.3 Å². The molecule has 0 amide bonds. The van der Waals surface area contributed by atoms with Gasteiger partial charge in [-0.15, -0.1) is 17.9 Å². The van der Waals surface area contributed by atoms with Gasteiger partial charge in [0.1, 0.15) is 11.5 Å². The van der Waals surface area contributed by atoms with Gasteiger partial charge in [0.15, 0.2) is 0 Å². The molecule has 2 heterocycles. The summed E-state index contributed by atoms with van der Waals surface area (Å²) in [5, 5.41) is 0. The number of thiophene rings is 1. The summed E-state index contributed by atoms with van der Waals surface area (Å²) in [4.78, 5) is 4.84. The van der Waals surface area contributed by atoms with Gasteiger partial charge in [0.2, 0.25) is 10.0 Å². The average molecular weight is 369 g/mol. The Balaban J connectivity index is 2.00. The Morgan fingerprint density at radius 2 is 1.83 bits per heavy atom. The molecular formula is C17H24N2O3S2. The van der Waals surface area contributed by atoms with E-state index >= 15 is 0 Å². The molecule has 0 aliphatic rings. The predicted octanol–water partition coefficient (Wildman–Crippen LogP) is 3.23. The van der Waals surface area contributed by atoms with Gasteiger partial charge in [-0.2, -0.15) is 4.31 Å². The first-order valence-corrected chi connectivity index (χ1v) is 10.3. The van der Waals surface area contributed by atoms with Gasteiger partial charge in [-0.3, -0.25) is 4.90 Å². The summed E-state index contributed by atoms with van der Waals surface area (Å²) in [7, 11) is -1.67. The number of aryl methyl sites for hydroxylation is 1. The molecule has 0 saturated heterocycles. The highest BCUT2D eigenvalue weighted by Crippen LogP contribution is 2.19. The molecule has 2 rings (SSSR count). The Labute approximate surface area is 148 Å². The summed E-state index contributed by atoms with van der Waals surface area (Å²) in [6.45, 7) is 8.41. The zero-order chi connectivity index (χ0) is 17.7. The summed E-state index contributed by atoms with van der Waals surface area (Å²) < 4.78 is 30.0. The summed E-state index contributed by atoms with van der Waals surface area (Å²) >= 11 is 1.79. The highest BCUT2D eigenvalue weighted by Gasteiger charge is 2.15. The lowest BCUT2D eigenvalue weighted by molar-refractivity contribution is 0.256. The maximum absolute atomic E-state index is 11.5. The van der Waals surface area contributed by atoms with Crippen molar-refractivity contribution in [3.63, 3.8) is 0 Å². The van der Waals surface area contributed by atoms with Crippen molar-refractivity contribution in [2.45, 2.75) is 26.6 Å². The van der Waals surface area contributed by atoms with E-state index in [1.165, 1.54) is 20.3 Å². The molecule has 2 aromatic rings. The molecule has 0 N–H and O–H groups in total. The van der Waals surface area contributed by atoms with Crippen molar-refractivity contribution < 1.29 is 12.8 Å². The van der Waals surface area contributed by atoms with E-state index in [4.69, 9.17) is 4.42 Å². The van der Waals surface area contributed by atoms with Crippen molar-refractivity contribution in [1.29, 1.82) is 0 Å². The van der Waals surface area contributed by atoms with E-state index in [1.54, 1.807) is 18.4 Å². The van der Waals surface area contributed by atoms with E-state index in [1.807, 2.05) is 18.2 Å². The van der Waals surface area contributed by atoms with Gasteiger partial charge in [-0.25, -0.2) is 8.42 Å². The lowest BCUT2D eigenvalue weighted by Crippen LogP contribution is -2.24. The van der Waals surface area contributed by atoms with Crippen molar-refractivity contribution in [3.8, 4) is 0 Å². The molecular weight excluding hydrogens is 344 g/mol. The fraction of sp³-hybridized carbons (Fsp3) is 0.412. The van der Waals surface area contributed by atoms with Crippen LogP contribution in [0.2, 0.25) is 0 Å². The van der Waals surface area contributed by atoms with E-state index in [-0.39, 0.29) is 6.54 Å². The van der Waals surface area contributed by atoms with Crippen molar-refractivity contribution in [2.75, 3.05) is 19.8 Å². The molecule has 7 heteroatoms. The summed E-state index contributed by atoms with van der Waals surface area (Å²) in [5.41, 5.74) is 0. The third kappa shape index (κ3) is 5.59. The second kappa shape index (κ2) is 8.11. The quantitative estimate of drug-likeness (QED) is 0.638. The van der Waals surface area contributed by atoms with Crippen LogP contribution in [-0.4, -0.2) is 37.5 Å². The number of furan rings is 1. The van der Waals surface area contributed by atoms with Crippen LogP contribution < -0.4 is 0 Å². The third-order valence-electron chi connectivity index (χ3n) is 3.60. The van der Waals surface area contributed by atoms with E-state index in [2.05, 4.69) is 30.5 Å². The van der Waals surface area contributed by atoms with E-state index in [9.17, 15) is 8.42 Å². The van der Waals surface area contributed by atoms with Gasteiger partial charge in [-0.1, -0.05) is 6.08 Å². The van der Waals surface area contributed by atoms with Crippen LogP contribution >= 0.6 is 11.3 Å². The van der Waals surface area contributed by atoms with Crippen LogP contribution in [0.4, 0.5) is 0 Å². The number of sulfonamides is 1. The fourth-order valence-electron chi connectivity index (χ4n) is 2.31. The minimum atomic E-state index is -3.21. The molecule has 0 radical (unpaired) electrons. The fourth-order valence-corrected chi connectivity index (χ4v) is 3.60. The second-order valence-corrected chi connectivity index (χ2v) is 9.32. The zero-order valence-electron chi connectivity index (χ0n) is 14.4. The Hall–Kier alpha value is -1.41. The van der Waals surface area contributed by atoms with Gasteiger partial charge < -0.3 is 4.42 Å². The minimum absolute atomic E-state index is 0.240. The monoisotopic (exact) mass is 368 g/mol. The van der Waals surface area contributed by atoms with Crippen molar-refractivity contribution >= 4 is 21.4 Å². The number of rotatable bonds is 9. The van der Waals surface area contributed by atoms with Crippen LogP contribution in [-0.2, 0) is 29.7 Å². The summed E-state index contributed by atoms with van der Waals surface area (Å²) in [5.74, 6) is 1.46. The highest BCUT2D eigenvalue weighted by atomic mass is 32.2. The maximum atomic E-state index is 11.5. The van der Waals surface area contributed by atoms with Gasteiger partial charge in [0, 0.05) is 29.9 Å². The molecule has 0 aliphatic heterocycles. The molecule has 0 atom stereocenters. The molecule has 0 fully saturated rings. The maximum Gasteiger partial charge on any atom is 0.211 e. The number of hydrogen-bond acceptors (Lipinski definition) is 5. The smallest absolute Gasteiger partial charge is 0.211 e. The standard InChI is InChI=1S/C17H24N2O3S2/c1-5-10-19(13-17-9-6-14(2)23-17)12-16-8-7-15(22-16)11-18(3)24(4,20)21/h5-9H,1,10-13H2,2-4H3. The molecule has 0 spiro atoms.